The third-order valence-electron chi connectivity index (χ3n) is 4.19. The van der Waals surface area contributed by atoms with Crippen LogP contribution in [0.4, 0.5) is 10.2 Å². The molecule has 1 saturated heterocycles. The summed E-state index contributed by atoms with van der Waals surface area (Å²) < 4.78 is 15.3. The third-order valence-corrected chi connectivity index (χ3v) is 4.41. The highest BCUT2D eigenvalue weighted by atomic mass is 35.5. The quantitative estimate of drug-likeness (QED) is 0.697. The summed E-state index contributed by atoms with van der Waals surface area (Å²) in [5.41, 5.74) is 7.14. The van der Waals surface area contributed by atoms with Gasteiger partial charge in [0.05, 0.1) is 24.2 Å². The minimum atomic E-state index is -0.520. The fourth-order valence-electron chi connectivity index (χ4n) is 2.89. The lowest BCUT2D eigenvalue weighted by molar-refractivity contribution is -0.118. The van der Waals surface area contributed by atoms with E-state index in [9.17, 15) is 14.0 Å². The molecule has 1 aromatic carbocycles. The summed E-state index contributed by atoms with van der Waals surface area (Å²) in [7, 11) is 0. The van der Waals surface area contributed by atoms with Crippen molar-refractivity contribution in [3.8, 4) is 16.9 Å². The minimum Gasteiger partial charge on any atom is -0.384 e. The monoisotopic (exact) mass is 400 g/mol. The summed E-state index contributed by atoms with van der Waals surface area (Å²) in [6.07, 6.45) is 1.49. The van der Waals surface area contributed by atoms with E-state index < -0.39 is 11.7 Å². The molecule has 0 radical (unpaired) electrons. The number of aromatic nitrogens is 3. The van der Waals surface area contributed by atoms with Crippen molar-refractivity contribution in [1.82, 2.24) is 25.0 Å². The van der Waals surface area contributed by atoms with Crippen molar-refractivity contribution < 1.29 is 14.0 Å². The Kier molecular flexibility index (Phi) is 4.44. The Bertz CT molecular complexity index is 1060. The molecule has 3 heterocycles. The Hall–Kier alpha value is -3.46. The lowest BCUT2D eigenvalue weighted by atomic mass is 10.1. The van der Waals surface area contributed by atoms with Crippen LogP contribution >= 0.6 is 11.6 Å². The maximum absolute atomic E-state index is 13.9. The number of nitrogens with two attached hydrogens (primary N) is 1. The molecule has 0 spiro atoms. The van der Waals surface area contributed by atoms with Crippen molar-refractivity contribution in [3.63, 3.8) is 0 Å². The summed E-state index contributed by atoms with van der Waals surface area (Å²) in [5.74, 6) is -0.867. The van der Waals surface area contributed by atoms with Crippen molar-refractivity contribution in [2.45, 2.75) is 0 Å². The highest BCUT2D eigenvalue weighted by Gasteiger charge is 2.27. The summed E-state index contributed by atoms with van der Waals surface area (Å²) in [5, 5.41) is 7.13. The average molecular weight is 401 g/mol. The van der Waals surface area contributed by atoms with Crippen LogP contribution in [0.1, 0.15) is 10.5 Å². The number of benzene rings is 1. The molecule has 1 fully saturated rings. The minimum absolute atomic E-state index is 0.0454. The first kappa shape index (κ1) is 17.9. The van der Waals surface area contributed by atoms with Gasteiger partial charge in [-0.15, -0.1) is 0 Å². The fourth-order valence-corrected chi connectivity index (χ4v) is 3.11. The number of nitrogens with zero attached hydrogens (tertiary/aromatic N) is 4. The molecular formula is C18H14ClFN6O2. The van der Waals surface area contributed by atoms with Crippen LogP contribution in [0.25, 0.3) is 16.9 Å². The number of carbonyl (C=O) groups is 2. The molecule has 28 heavy (non-hydrogen) atoms. The van der Waals surface area contributed by atoms with Gasteiger partial charge in [-0.1, -0.05) is 11.6 Å². The van der Waals surface area contributed by atoms with Crippen molar-refractivity contribution in [1.29, 1.82) is 0 Å². The molecule has 1 aliphatic rings. The molecule has 0 bridgehead atoms. The van der Waals surface area contributed by atoms with Crippen LogP contribution in [-0.4, -0.2) is 44.7 Å². The van der Waals surface area contributed by atoms with Crippen LogP contribution in [0.3, 0.4) is 0 Å². The topological polar surface area (TPSA) is 106 Å². The predicted octanol–water partition coefficient (Wildman–Crippen LogP) is 1.84. The number of nitrogen functional groups attached to an aromatic ring is 1. The largest absolute Gasteiger partial charge is 0.384 e. The van der Waals surface area contributed by atoms with E-state index >= 15 is 0 Å². The van der Waals surface area contributed by atoms with Crippen molar-refractivity contribution in [3.05, 3.63) is 59.1 Å². The van der Waals surface area contributed by atoms with Gasteiger partial charge in [0.15, 0.2) is 5.69 Å². The second-order valence-corrected chi connectivity index (χ2v) is 6.62. The van der Waals surface area contributed by atoms with Gasteiger partial charge in [-0.25, -0.2) is 14.1 Å². The van der Waals surface area contributed by atoms with Crippen molar-refractivity contribution in [2.24, 2.45) is 0 Å². The molecule has 3 N–H and O–H groups in total. The van der Waals surface area contributed by atoms with Gasteiger partial charge in [0, 0.05) is 10.6 Å². The Balaban J connectivity index is 1.83. The van der Waals surface area contributed by atoms with E-state index in [1.54, 1.807) is 18.2 Å². The van der Waals surface area contributed by atoms with Gasteiger partial charge >= 0.3 is 0 Å². The van der Waals surface area contributed by atoms with Gasteiger partial charge in [0.2, 0.25) is 5.91 Å². The maximum Gasteiger partial charge on any atom is 0.276 e. The van der Waals surface area contributed by atoms with E-state index in [1.165, 1.54) is 34.0 Å². The standard InChI is InChI=1S/C18H14ClFN6O2/c19-11-3-10(4-12(20)5-11)15-6-14(18(28)25-8-17(27)23-9-25)24-26(15)13-1-2-16(21)22-7-13/h1-7H,8-9H2,(H2,21,22)(H,23,27). The van der Waals surface area contributed by atoms with E-state index in [0.717, 1.165) is 0 Å². The zero-order valence-electron chi connectivity index (χ0n) is 14.4. The first-order chi connectivity index (χ1) is 13.4. The molecule has 3 aromatic rings. The maximum atomic E-state index is 13.9. The zero-order chi connectivity index (χ0) is 19.8. The van der Waals surface area contributed by atoms with Gasteiger partial charge in [0.1, 0.15) is 18.2 Å². The van der Waals surface area contributed by atoms with Gasteiger partial charge in [-0.3, -0.25) is 9.59 Å². The van der Waals surface area contributed by atoms with E-state index in [-0.39, 0.29) is 29.8 Å². The highest BCUT2D eigenvalue weighted by Crippen LogP contribution is 2.28. The molecule has 1 aliphatic heterocycles. The predicted molar refractivity (Wildman–Crippen MR) is 100 cm³/mol. The van der Waals surface area contributed by atoms with Gasteiger partial charge in [0.25, 0.3) is 5.91 Å². The second-order valence-electron chi connectivity index (χ2n) is 6.19. The smallest absolute Gasteiger partial charge is 0.276 e. The van der Waals surface area contributed by atoms with Gasteiger partial charge < -0.3 is 16.0 Å². The lowest BCUT2D eigenvalue weighted by Crippen LogP contribution is -2.30. The number of halogens is 2. The lowest BCUT2D eigenvalue weighted by Gasteiger charge is -2.10. The third kappa shape index (κ3) is 3.39. The van der Waals surface area contributed by atoms with Crippen molar-refractivity contribution >= 4 is 29.2 Å². The number of hydrogen-bond donors (Lipinski definition) is 2. The molecule has 8 nitrogen and oxygen atoms in total. The Morgan fingerprint density at radius 3 is 2.71 bits per heavy atom. The number of carbonyl (C=O) groups excluding carboxylic acids is 2. The summed E-state index contributed by atoms with van der Waals surface area (Å²) in [6, 6.07) is 8.83. The van der Waals surface area contributed by atoms with E-state index in [2.05, 4.69) is 15.4 Å². The normalized spacial score (nSPS) is 13.6. The molecule has 0 unspecified atom stereocenters. The van der Waals surface area contributed by atoms with Crippen LogP contribution in [0, 0.1) is 5.82 Å². The first-order valence-electron chi connectivity index (χ1n) is 8.25. The van der Waals surface area contributed by atoms with E-state index in [4.69, 9.17) is 17.3 Å². The molecule has 4 rings (SSSR count). The molecule has 2 aromatic heterocycles. The molecule has 142 valence electrons. The summed E-state index contributed by atoms with van der Waals surface area (Å²) >= 11 is 5.99. The highest BCUT2D eigenvalue weighted by molar-refractivity contribution is 6.30. The SMILES string of the molecule is Nc1ccc(-n2nc(C(=O)N3CNC(=O)C3)cc2-c2cc(F)cc(Cl)c2)cn1. The number of rotatable bonds is 3. The van der Waals surface area contributed by atoms with E-state index in [1.807, 2.05) is 0 Å². The fraction of sp³-hybridized carbons (Fsp3) is 0.111. The molecule has 0 saturated carbocycles. The van der Waals surface area contributed by atoms with Crippen molar-refractivity contribution in [2.75, 3.05) is 18.9 Å². The van der Waals surface area contributed by atoms with Gasteiger partial charge in [-0.05, 0) is 36.4 Å². The second kappa shape index (κ2) is 6.93. The molecule has 2 amide bonds. The number of anilines is 1. The molecule has 0 atom stereocenters. The van der Waals surface area contributed by atoms with Crippen LogP contribution in [0.2, 0.25) is 5.02 Å². The first-order valence-corrected chi connectivity index (χ1v) is 8.63. The Morgan fingerprint density at radius 2 is 2.07 bits per heavy atom. The molecule has 0 aliphatic carbocycles. The van der Waals surface area contributed by atoms with Crippen LogP contribution < -0.4 is 11.1 Å². The number of nitrogens with one attached hydrogen (secondary N) is 1. The van der Waals surface area contributed by atoms with Crippen LogP contribution in [0.15, 0.2) is 42.6 Å². The number of hydrogen-bond acceptors (Lipinski definition) is 5. The average Bonchev–Trinajstić information content (AvgIpc) is 3.28. The Labute approximate surface area is 163 Å². The summed E-state index contributed by atoms with van der Waals surface area (Å²) in [4.78, 5) is 29.5. The Morgan fingerprint density at radius 1 is 1.25 bits per heavy atom. The van der Waals surface area contributed by atoms with Crippen LogP contribution in [-0.2, 0) is 4.79 Å². The molecular weight excluding hydrogens is 387 g/mol. The van der Waals surface area contributed by atoms with Gasteiger partial charge in [-0.2, -0.15) is 5.10 Å². The molecule has 10 heteroatoms. The number of pyridine rings is 1. The number of amides is 2. The zero-order valence-corrected chi connectivity index (χ0v) is 15.2. The van der Waals surface area contributed by atoms with E-state index in [0.29, 0.717) is 22.8 Å². The van der Waals surface area contributed by atoms with Crippen LogP contribution in [0.5, 0.6) is 0 Å². The summed E-state index contributed by atoms with van der Waals surface area (Å²) in [6.45, 7) is 0.0608.